The maximum atomic E-state index is 11.7. The summed E-state index contributed by atoms with van der Waals surface area (Å²) in [6.07, 6.45) is 1.25. The molecule has 0 unspecified atom stereocenters. The highest BCUT2D eigenvalue weighted by Gasteiger charge is 2.16. The van der Waals surface area contributed by atoms with Crippen molar-refractivity contribution in [2.24, 2.45) is 0 Å². The molecule has 0 heterocycles. The van der Waals surface area contributed by atoms with Gasteiger partial charge in [-0.2, -0.15) is 4.31 Å². The van der Waals surface area contributed by atoms with Gasteiger partial charge in [0.1, 0.15) is 0 Å². The molecular weight excluding hydrogens is 316 g/mol. The van der Waals surface area contributed by atoms with Gasteiger partial charge in [-0.25, -0.2) is 8.42 Å². The van der Waals surface area contributed by atoms with Crippen molar-refractivity contribution >= 4 is 26.0 Å². The van der Waals surface area contributed by atoms with Gasteiger partial charge in [0.15, 0.2) is 0 Å². The molecule has 4 nitrogen and oxygen atoms in total. The largest absolute Gasteiger partial charge is 0.308 e. The normalized spacial score (nSPS) is 12.3. The van der Waals surface area contributed by atoms with Gasteiger partial charge in [0, 0.05) is 24.1 Å². The Hall–Kier alpha value is -0.430. The van der Waals surface area contributed by atoms with Crippen LogP contribution in [0, 0.1) is 0 Å². The lowest BCUT2D eigenvalue weighted by Gasteiger charge is -2.22. The Kier molecular flexibility index (Phi) is 5.78. The van der Waals surface area contributed by atoms with E-state index in [2.05, 4.69) is 15.9 Å². The molecule has 0 aliphatic heterocycles. The van der Waals surface area contributed by atoms with Crippen LogP contribution in [0.1, 0.15) is 5.56 Å². The zero-order valence-corrected chi connectivity index (χ0v) is 13.3. The topological polar surface area (TPSA) is 40.6 Å². The van der Waals surface area contributed by atoms with Crippen LogP contribution in [0.4, 0.5) is 0 Å². The third-order valence-electron chi connectivity index (χ3n) is 2.54. The third-order valence-corrected chi connectivity index (χ3v) is 4.32. The Balaban J connectivity index is 2.75. The number of hydrogen-bond acceptors (Lipinski definition) is 3. The molecule has 0 radical (unpaired) electrons. The smallest absolute Gasteiger partial charge is 0.211 e. The van der Waals surface area contributed by atoms with Crippen molar-refractivity contribution in [2.75, 3.05) is 33.4 Å². The summed E-state index contributed by atoms with van der Waals surface area (Å²) in [4.78, 5) is 1.97. The fourth-order valence-electron chi connectivity index (χ4n) is 1.47. The van der Waals surface area contributed by atoms with E-state index in [-0.39, 0.29) is 0 Å². The lowest BCUT2D eigenvalue weighted by molar-refractivity contribution is 0.331. The minimum absolute atomic E-state index is 0.417. The molecule has 0 saturated heterocycles. The molecule has 0 aliphatic rings. The third kappa shape index (κ3) is 5.48. The van der Waals surface area contributed by atoms with Gasteiger partial charge in [-0.15, -0.1) is 0 Å². The Bertz CT molecular complexity index is 471. The maximum Gasteiger partial charge on any atom is 0.211 e. The molecule has 0 amide bonds. The molecule has 0 aliphatic carbocycles. The molecule has 1 rings (SSSR count). The van der Waals surface area contributed by atoms with Crippen molar-refractivity contribution in [3.63, 3.8) is 0 Å². The molecule has 0 spiro atoms. The number of rotatable bonds is 6. The highest BCUT2D eigenvalue weighted by Crippen LogP contribution is 2.13. The van der Waals surface area contributed by atoms with Crippen LogP contribution in [0.25, 0.3) is 0 Å². The van der Waals surface area contributed by atoms with Crippen molar-refractivity contribution < 1.29 is 8.42 Å². The van der Waals surface area contributed by atoms with Gasteiger partial charge in [0.05, 0.1) is 6.26 Å². The fraction of sp³-hybridized carbons (Fsp3) is 0.500. The molecule has 0 atom stereocenters. The average Bonchev–Trinajstić information content (AvgIpc) is 2.24. The zero-order chi connectivity index (χ0) is 13.8. The first-order valence-corrected chi connectivity index (χ1v) is 8.27. The van der Waals surface area contributed by atoms with Crippen molar-refractivity contribution in [3.8, 4) is 0 Å². The summed E-state index contributed by atoms with van der Waals surface area (Å²) in [5, 5.41) is 0. The molecule has 18 heavy (non-hydrogen) atoms. The Morgan fingerprint density at radius 1 is 1.11 bits per heavy atom. The SMILES string of the molecule is CN(C)CCN(Cc1ccc(Br)cc1)S(C)(=O)=O. The number of nitrogens with zero attached hydrogens (tertiary/aromatic N) is 2. The van der Waals surface area contributed by atoms with E-state index >= 15 is 0 Å². The summed E-state index contributed by atoms with van der Waals surface area (Å²) in [5.74, 6) is 0. The summed E-state index contributed by atoms with van der Waals surface area (Å²) >= 11 is 3.36. The Morgan fingerprint density at radius 3 is 2.11 bits per heavy atom. The fourth-order valence-corrected chi connectivity index (χ4v) is 2.53. The van der Waals surface area contributed by atoms with Crippen molar-refractivity contribution in [3.05, 3.63) is 34.3 Å². The molecule has 0 bridgehead atoms. The van der Waals surface area contributed by atoms with Gasteiger partial charge in [0.2, 0.25) is 10.0 Å². The molecule has 102 valence electrons. The van der Waals surface area contributed by atoms with Crippen LogP contribution in [0.15, 0.2) is 28.7 Å². The number of sulfonamides is 1. The highest BCUT2D eigenvalue weighted by atomic mass is 79.9. The van der Waals surface area contributed by atoms with Gasteiger partial charge >= 0.3 is 0 Å². The van der Waals surface area contributed by atoms with Crippen LogP contribution in [0.2, 0.25) is 0 Å². The summed E-state index contributed by atoms with van der Waals surface area (Å²) in [7, 11) is 0.687. The maximum absolute atomic E-state index is 11.7. The van der Waals surface area contributed by atoms with Gasteiger partial charge in [-0.1, -0.05) is 28.1 Å². The first-order valence-electron chi connectivity index (χ1n) is 5.63. The van der Waals surface area contributed by atoms with Crippen LogP contribution in [-0.4, -0.2) is 51.1 Å². The lowest BCUT2D eigenvalue weighted by Crippen LogP contribution is -2.35. The molecular formula is C12H19BrN2O2S. The molecule has 1 aromatic carbocycles. The average molecular weight is 335 g/mol. The van der Waals surface area contributed by atoms with E-state index in [4.69, 9.17) is 0 Å². The second-order valence-corrected chi connectivity index (χ2v) is 7.42. The van der Waals surface area contributed by atoms with E-state index in [0.717, 1.165) is 10.0 Å². The van der Waals surface area contributed by atoms with Crippen LogP contribution in [0.5, 0.6) is 0 Å². The number of likely N-dealkylation sites (N-methyl/N-ethyl adjacent to an activating group) is 1. The van der Waals surface area contributed by atoms with Crippen LogP contribution >= 0.6 is 15.9 Å². The van der Waals surface area contributed by atoms with E-state index in [1.165, 1.54) is 10.6 Å². The van der Waals surface area contributed by atoms with Gasteiger partial charge < -0.3 is 4.90 Å². The monoisotopic (exact) mass is 334 g/mol. The minimum Gasteiger partial charge on any atom is -0.308 e. The number of halogens is 1. The van der Waals surface area contributed by atoms with Gasteiger partial charge in [0.25, 0.3) is 0 Å². The second-order valence-electron chi connectivity index (χ2n) is 4.53. The predicted octanol–water partition coefficient (Wildman–Crippen LogP) is 1.77. The number of hydrogen-bond donors (Lipinski definition) is 0. The van der Waals surface area contributed by atoms with E-state index < -0.39 is 10.0 Å². The van der Waals surface area contributed by atoms with E-state index in [1.807, 2.05) is 43.3 Å². The van der Waals surface area contributed by atoms with Crippen LogP contribution in [0.3, 0.4) is 0 Å². The zero-order valence-electron chi connectivity index (χ0n) is 10.9. The molecule has 1 aromatic rings. The highest BCUT2D eigenvalue weighted by molar-refractivity contribution is 9.10. The minimum atomic E-state index is -3.17. The van der Waals surface area contributed by atoms with Crippen molar-refractivity contribution in [1.82, 2.24) is 9.21 Å². The molecule has 0 aromatic heterocycles. The first-order chi connectivity index (χ1) is 8.29. The summed E-state index contributed by atoms with van der Waals surface area (Å²) in [5.41, 5.74) is 0.988. The molecule has 6 heteroatoms. The van der Waals surface area contributed by atoms with E-state index in [0.29, 0.717) is 19.6 Å². The summed E-state index contributed by atoms with van der Waals surface area (Å²) in [6, 6.07) is 7.69. The standard InChI is InChI=1S/C12H19BrN2O2S/c1-14(2)8-9-15(18(3,16)17)10-11-4-6-12(13)7-5-11/h4-7H,8-10H2,1-3H3. The molecule has 0 fully saturated rings. The van der Waals surface area contributed by atoms with E-state index in [1.54, 1.807) is 0 Å². The molecule has 0 saturated carbocycles. The predicted molar refractivity (Wildman–Crippen MR) is 77.9 cm³/mol. The summed E-state index contributed by atoms with van der Waals surface area (Å²) in [6.45, 7) is 1.63. The van der Waals surface area contributed by atoms with Crippen LogP contribution < -0.4 is 0 Å². The van der Waals surface area contributed by atoms with Gasteiger partial charge in [-0.05, 0) is 31.8 Å². The van der Waals surface area contributed by atoms with Crippen molar-refractivity contribution in [1.29, 1.82) is 0 Å². The summed E-state index contributed by atoms with van der Waals surface area (Å²) < 4.78 is 25.9. The van der Waals surface area contributed by atoms with Crippen LogP contribution in [-0.2, 0) is 16.6 Å². The molecule has 0 N–H and O–H groups in total. The van der Waals surface area contributed by atoms with Gasteiger partial charge in [-0.3, -0.25) is 0 Å². The number of benzene rings is 1. The van der Waals surface area contributed by atoms with Crippen molar-refractivity contribution in [2.45, 2.75) is 6.54 Å². The first kappa shape index (κ1) is 15.6. The quantitative estimate of drug-likeness (QED) is 0.796. The Labute approximate surface area is 118 Å². The lowest BCUT2D eigenvalue weighted by atomic mass is 10.2. The Morgan fingerprint density at radius 2 is 1.67 bits per heavy atom. The second kappa shape index (κ2) is 6.65. The van der Waals surface area contributed by atoms with E-state index in [9.17, 15) is 8.42 Å².